The molecule has 193 valence electrons. The van der Waals surface area contributed by atoms with Gasteiger partial charge in [0.25, 0.3) is 0 Å². The summed E-state index contributed by atoms with van der Waals surface area (Å²) in [5, 5.41) is 3.55. The Morgan fingerprint density at radius 3 is 2.32 bits per heavy atom. The van der Waals surface area contributed by atoms with E-state index >= 15 is 0 Å². The summed E-state index contributed by atoms with van der Waals surface area (Å²) in [6.07, 6.45) is 3.16. The Hall–Kier alpha value is -3.37. The van der Waals surface area contributed by atoms with Gasteiger partial charge < -0.3 is 14.4 Å². The Bertz CT molecular complexity index is 1820. The molecular weight excluding hydrogens is 661 g/mol. The van der Waals surface area contributed by atoms with E-state index in [1.54, 1.807) is 12.1 Å². The van der Waals surface area contributed by atoms with E-state index in [4.69, 9.17) is 12.6 Å². The van der Waals surface area contributed by atoms with Crippen molar-refractivity contribution in [3.8, 4) is 22.5 Å². The second kappa shape index (κ2) is 11.6. The first-order chi connectivity index (χ1) is 20.2. The van der Waals surface area contributed by atoms with E-state index in [1.165, 1.54) is 29.6 Å². The molecule has 6 rings (SSSR count). The maximum atomic E-state index is 7.28. The van der Waals surface area contributed by atoms with Crippen molar-refractivity contribution in [1.82, 2.24) is 9.97 Å². The van der Waals surface area contributed by atoms with E-state index < -0.39 is 21.8 Å². The first-order valence-electron chi connectivity index (χ1n) is 15.0. The van der Waals surface area contributed by atoms with E-state index in [0.717, 1.165) is 33.2 Å². The first-order valence-corrected chi connectivity index (χ1v) is 15.5. The molecule has 0 amide bonds. The van der Waals surface area contributed by atoms with Crippen molar-refractivity contribution in [2.75, 3.05) is 0 Å². The molecule has 0 atom stereocenters. The molecule has 3 nitrogen and oxygen atoms in total. The molecule has 0 spiro atoms. The van der Waals surface area contributed by atoms with Gasteiger partial charge in [0.2, 0.25) is 0 Å². The van der Waals surface area contributed by atoms with Crippen molar-refractivity contribution >= 4 is 35.2 Å². The number of hydrogen-bond acceptors (Lipinski definition) is 3. The average Bonchev–Trinajstić information content (AvgIpc) is 3.35. The monoisotopic (exact) mass is 697 g/mol. The summed E-state index contributed by atoms with van der Waals surface area (Å²) in [5.41, 5.74) is 5.18. The number of benzene rings is 3. The van der Waals surface area contributed by atoms with Gasteiger partial charge in [0.1, 0.15) is 11.2 Å². The summed E-state index contributed by atoms with van der Waals surface area (Å²) in [4.78, 5) is 8.66. The van der Waals surface area contributed by atoms with E-state index in [2.05, 4.69) is 66.0 Å². The molecule has 1 radical (unpaired) electrons. The van der Waals surface area contributed by atoms with Gasteiger partial charge in [-0.1, -0.05) is 56.8 Å². The molecule has 0 bridgehead atoms. The van der Waals surface area contributed by atoms with Crippen LogP contribution in [0.15, 0.2) is 95.7 Å². The van der Waals surface area contributed by atoms with E-state index in [9.17, 15) is 0 Å². The maximum absolute atomic E-state index is 7.28. The number of hydrogen-bond donors (Lipinski definition) is 0. The topological polar surface area (TPSA) is 38.9 Å². The van der Waals surface area contributed by atoms with Gasteiger partial charge in [-0.25, -0.2) is 0 Å². The van der Waals surface area contributed by atoms with Crippen LogP contribution < -0.4 is 5.19 Å². The Balaban J connectivity index is 0.000000199. The molecule has 0 unspecified atom stereocenters. The minimum atomic E-state index is -2.18. The van der Waals surface area contributed by atoms with Crippen molar-refractivity contribution in [2.24, 2.45) is 0 Å². The van der Waals surface area contributed by atoms with Crippen molar-refractivity contribution in [2.45, 2.75) is 33.3 Å². The first kappa shape index (κ1) is 20.6. The van der Waals surface area contributed by atoms with Gasteiger partial charge in [-0.3, -0.25) is 0 Å². The van der Waals surface area contributed by atoms with Gasteiger partial charge in [0.05, 0.1) is 8.07 Å². The van der Waals surface area contributed by atoms with Gasteiger partial charge in [0, 0.05) is 57.2 Å². The van der Waals surface area contributed by atoms with Gasteiger partial charge in [-0.2, -0.15) is 0 Å². The third-order valence-corrected chi connectivity index (χ3v) is 7.91. The molecule has 0 fully saturated rings. The SMILES string of the molecule is C[Si](C)(C)c1[c-]c(-c2nccc3c2oc2ccccc23)ccc1.[2H]C([2H])([2H])c1c[c-]c(-c2ccc(C([2H])([2H])[2H])cn2)cc1.[Ir]. The number of nitrogens with zero attached hydrogens (tertiary/aromatic N) is 2. The summed E-state index contributed by atoms with van der Waals surface area (Å²) in [6.45, 7) is 2.65. The molecule has 0 N–H and O–H groups in total. The van der Waals surface area contributed by atoms with Crippen LogP contribution in [0.1, 0.15) is 19.4 Å². The van der Waals surface area contributed by atoms with E-state index in [0.29, 0.717) is 11.3 Å². The molecule has 3 aromatic carbocycles. The zero-order valence-corrected chi connectivity index (χ0v) is 24.7. The van der Waals surface area contributed by atoms with Crippen molar-refractivity contribution < 1.29 is 32.7 Å². The zero-order valence-electron chi connectivity index (χ0n) is 27.3. The third kappa shape index (κ3) is 6.02. The van der Waals surface area contributed by atoms with Crippen LogP contribution in [0.5, 0.6) is 0 Å². The number of furan rings is 1. The summed E-state index contributed by atoms with van der Waals surface area (Å²) in [7, 11) is -1.41. The smallest absolute Gasteiger partial charge is 0.134 e. The predicted octanol–water partition coefficient (Wildman–Crippen LogP) is 8.16. The largest absolute Gasteiger partial charge is 0.464 e. The van der Waals surface area contributed by atoms with Crippen molar-refractivity contribution in [3.05, 3.63) is 115 Å². The quantitative estimate of drug-likeness (QED) is 0.139. The standard InChI is InChI=1S/C20H18NOSi.C13H12N.Ir/c1-23(2,3)15-8-6-7-14(13-15)19-20-17(11-12-21-19)16-9-4-5-10-18(16)22-20;1-10-3-6-12(7-4-10)13-8-5-11(2)9-14-13;/h4-12H,1-3H3;3-6,8-9H,1-2H3;/q2*-1;/i;1D3,2D3;. The molecule has 3 heterocycles. The fourth-order valence-corrected chi connectivity index (χ4v) is 5.13. The van der Waals surface area contributed by atoms with Gasteiger partial charge in [0.15, 0.2) is 0 Å². The number of aryl methyl sites for hydroxylation is 2. The van der Waals surface area contributed by atoms with Crippen LogP contribution in [0.25, 0.3) is 44.5 Å². The molecule has 0 saturated carbocycles. The number of para-hydroxylation sites is 1. The predicted molar refractivity (Wildman–Crippen MR) is 157 cm³/mol. The minimum Gasteiger partial charge on any atom is -0.464 e. The molecule has 0 aliphatic rings. The number of aromatic nitrogens is 2. The molecular formula is C33H30IrN2OSi-2. The average molecular weight is 697 g/mol. The van der Waals surface area contributed by atoms with Crippen LogP contribution in [0, 0.1) is 25.8 Å². The van der Waals surface area contributed by atoms with Crippen LogP contribution in [0.3, 0.4) is 0 Å². The van der Waals surface area contributed by atoms with Crippen LogP contribution >= 0.6 is 0 Å². The van der Waals surface area contributed by atoms with Crippen molar-refractivity contribution in [1.29, 1.82) is 0 Å². The Morgan fingerprint density at radius 2 is 1.61 bits per heavy atom. The second-order valence-electron chi connectivity index (χ2n) is 9.79. The van der Waals surface area contributed by atoms with Gasteiger partial charge in [-0.15, -0.1) is 70.4 Å². The van der Waals surface area contributed by atoms with Gasteiger partial charge >= 0.3 is 0 Å². The van der Waals surface area contributed by atoms with Gasteiger partial charge in [-0.05, 0) is 30.2 Å². The molecule has 0 saturated heterocycles. The normalized spacial score (nSPS) is 14.1. The Kier molecular flexibility index (Phi) is 6.26. The summed E-state index contributed by atoms with van der Waals surface area (Å²) in [6, 6.07) is 30.5. The van der Waals surface area contributed by atoms with Crippen LogP contribution in [0.4, 0.5) is 0 Å². The second-order valence-corrected chi connectivity index (χ2v) is 14.8. The molecule has 0 aliphatic heterocycles. The Labute approximate surface area is 247 Å². The zero-order chi connectivity index (χ0) is 31.0. The maximum Gasteiger partial charge on any atom is 0.134 e. The molecule has 5 heteroatoms. The molecule has 0 aliphatic carbocycles. The van der Waals surface area contributed by atoms with Crippen LogP contribution in [-0.2, 0) is 20.1 Å². The number of rotatable bonds is 3. The summed E-state index contributed by atoms with van der Waals surface area (Å²) < 4.78 is 49.7. The van der Waals surface area contributed by atoms with E-state index in [1.807, 2.05) is 30.5 Å². The fraction of sp³-hybridized carbons (Fsp3) is 0.152. The third-order valence-electron chi connectivity index (χ3n) is 6.00. The molecule has 6 aromatic rings. The molecule has 3 aromatic heterocycles. The number of fused-ring (bicyclic) bond motifs is 3. The van der Waals surface area contributed by atoms with Crippen molar-refractivity contribution in [3.63, 3.8) is 0 Å². The summed E-state index contributed by atoms with van der Waals surface area (Å²) in [5.74, 6) is 0. The van der Waals surface area contributed by atoms with Crippen LogP contribution in [0.2, 0.25) is 19.6 Å². The minimum absolute atomic E-state index is 0. The van der Waals surface area contributed by atoms with Crippen LogP contribution in [-0.4, -0.2) is 18.0 Å². The number of pyridine rings is 2. The Morgan fingerprint density at radius 1 is 0.789 bits per heavy atom. The summed E-state index contributed by atoms with van der Waals surface area (Å²) >= 11 is 0. The molecule has 38 heavy (non-hydrogen) atoms. The van der Waals surface area contributed by atoms with E-state index in [-0.39, 0.29) is 31.2 Å². The fourth-order valence-electron chi connectivity index (χ4n) is 4.03.